The van der Waals surface area contributed by atoms with Gasteiger partial charge in [-0.3, -0.25) is 0 Å². The number of nitrogens with one attached hydrogen (secondary N) is 1. The van der Waals surface area contributed by atoms with Crippen LogP contribution in [-0.4, -0.2) is 46.2 Å². The van der Waals surface area contributed by atoms with Crippen LogP contribution in [0.1, 0.15) is 5.56 Å². The maximum atomic E-state index is 11.6. The Morgan fingerprint density at radius 2 is 2.05 bits per heavy atom. The highest BCUT2D eigenvalue weighted by Gasteiger charge is 2.12. The molecule has 0 heterocycles. The van der Waals surface area contributed by atoms with Crippen molar-refractivity contribution in [2.24, 2.45) is 0 Å². The van der Waals surface area contributed by atoms with Gasteiger partial charge in [-0.2, -0.15) is 0 Å². The normalized spacial score (nSPS) is 11.8. The van der Waals surface area contributed by atoms with Gasteiger partial charge in [0, 0.05) is 37.2 Å². The standard InChI is InChI=1S/C12H19BrN2O3S/c1-15(2)19(16,17)7-6-14-9-10-8-11(13)4-5-12(10)18-3/h4-5,8,14H,6-7,9H2,1-3H3. The highest BCUT2D eigenvalue weighted by Crippen LogP contribution is 2.22. The molecule has 1 rings (SSSR count). The topological polar surface area (TPSA) is 58.6 Å². The SMILES string of the molecule is COc1ccc(Br)cc1CNCCS(=O)(=O)N(C)C. The molecule has 19 heavy (non-hydrogen) atoms. The quantitative estimate of drug-likeness (QED) is 0.756. The van der Waals surface area contributed by atoms with E-state index in [0.717, 1.165) is 15.8 Å². The summed E-state index contributed by atoms with van der Waals surface area (Å²) in [6, 6.07) is 5.72. The van der Waals surface area contributed by atoms with E-state index in [1.54, 1.807) is 7.11 Å². The van der Waals surface area contributed by atoms with E-state index in [1.165, 1.54) is 18.4 Å². The number of halogens is 1. The van der Waals surface area contributed by atoms with Crippen LogP contribution >= 0.6 is 15.9 Å². The predicted octanol–water partition coefficient (Wildman–Crippen LogP) is 1.44. The van der Waals surface area contributed by atoms with Crippen molar-refractivity contribution in [2.45, 2.75) is 6.54 Å². The monoisotopic (exact) mass is 350 g/mol. The molecule has 0 aliphatic heterocycles. The molecule has 0 amide bonds. The predicted molar refractivity (Wildman–Crippen MR) is 79.9 cm³/mol. The summed E-state index contributed by atoms with van der Waals surface area (Å²) in [6.45, 7) is 0.960. The molecule has 0 atom stereocenters. The summed E-state index contributed by atoms with van der Waals surface area (Å²) < 4.78 is 30.6. The first-order valence-corrected chi connectivity index (χ1v) is 8.20. The van der Waals surface area contributed by atoms with Crippen LogP contribution in [0.5, 0.6) is 5.75 Å². The molecule has 7 heteroatoms. The van der Waals surface area contributed by atoms with Crippen LogP contribution in [0.2, 0.25) is 0 Å². The lowest BCUT2D eigenvalue weighted by molar-refractivity contribution is 0.408. The Hall–Kier alpha value is -0.630. The summed E-state index contributed by atoms with van der Waals surface area (Å²) in [5, 5.41) is 3.11. The zero-order chi connectivity index (χ0) is 14.5. The van der Waals surface area contributed by atoms with E-state index < -0.39 is 10.0 Å². The number of sulfonamides is 1. The second kappa shape index (κ2) is 7.23. The fourth-order valence-electron chi connectivity index (χ4n) is 1.49. The van der Waals surface area contributed by atoms with E-state index in [4.69, 9.17) is 4.74 Å². The molecule has 1 aromatic carbocycles. The van der Waals surface area contributed by atoms with Gasteiger partial charge in [-0.1, -0.05) is 15.9 Å². The van der Waals surface area contributed by atoms with Crippen LogP contribution in [0.15, 0.2) is 22.7 Å². The van der Waals surface area contributed by atoms with Crippen LogP contribution in [0.3, 0.4) is 0 Å². The fourth-order valence-corrected chi connectivity index (χ4v) is 2.67. The lowest BCUT2D eigenvalue weighted by Gasteiger charge is -2.13. The molecule has 5 nitrogen and oxygen atoms in total. The van der Waals surface area contributed by atoms with Gasteiger partial charge in [0.15, 0.2) is 0 Å². The third-order valence-corrected chi connectivity index (χ3v) is 4.98. The summed E-state index contributed by atoms with van der Waals surface area (Å²) in [7, 11) is 1.54. The minimum absolute atomic E-state index is 0.0797. The van der Waals surface area contributed by atoms with Gasteiger partial charge in [-0.05, 0) is 18.2 Å². The lowest BCUT2D eigenvalue weighted by Crippen LogP contribution is -2.31. The minimum atomic E-state index is -3.15. The first-order valence-electron chi connectivity index (χ1n) is 5.80. The molecule has 0 bridgehead atoms. The third kappa shape index (κ3) is 5.10. The number of hydrogen-bond donors (Lipinski definition) is 1. The molecule has 0 aromatic heterocycles. The average molecular weight is 351 g/mol. The molecule has 0 spiro atoms. The van der Waals surface area contributed by atoms with Gasteiger partial charge in [-0.15, -0.1) is 0 Å². The summed E-state index contributed by atoms with van der Waals surface area (Å²) in [5.41, 5.74) is 0.985. The average Bonchev–Trinajstić information content (AvgIpc) is 2.34. The Morgan fingerprint density at radius 1 is 1.37 bits per heavy atom. The Kier molecular flexibility index (Phi) is 6.25. The third-order valence-electron chi connectivity index (χ3n) is 2.65. The maximum absolute atomic E-state index is 11.6. The van der Waals surface area contributed by atoms with E-state index in [9.17, 15) is 8.42 Å². The molecule has 0 unspecified atom stereocenters. The number of rotatable bonds is 7. The van der Waals surface area contributed by atoms with Crippen LogP contribution in [0.4, 0.5) is 0 Å². The molecular weight excluding hydrogens is 332 g/mol. The van der Waals surface area contributed by atoms with E-state index in [1.807, 2.05) is 18.2 Å². The minimum Gasteiger partial charge on any atom is -0.496 e. The maximum Gasteiger partial charge on any atom is 0.214 e. The van der Waals surface area contributed by atoms with Gasteiger partial charge >= 0.3 is 0 Å². The van der Waals surface area contributed by atoms with Crippen molar-refractivity contribution in [2.75, 3.05) is 33.5 Å². The summed E-state index contributed by atoms with van der Waals surface area (Å²) in [6.07, 6.45) is 0. The van der Waals surface area contributed by atoms with Crippen molar-refractivity contribution >= 4 is 26.0 Å². The van der Waals surface area contributed by atoms with Gasteiger partial charge in [0.1, 0.15) is 5.75 Å². The number of benzene rings is 1. The van der Waals surface area contributed by atoms with Gasteiger partial charge in [0.25, 0.3) is 0 Å². The number of nitrogens with zero attached hydrogens (tertiary/aromatic N) is 1. The van der Waals surface area contributed by atoms with Crippen LogP contribution in [-0.2, 0) is 16.6 Å². The Balaban J connectivity index is 2.52. The van der Waals surface area contributed by atoms with Crippen molar-refractivity contribution in [1.82, 2.24) is 9.62 Å². The van der Waals surface area contributed by atoms with Crippen LogP contribution in [0.25, 0.3) is 0 Å². The largest absolute Gasteiger partial charge is 0.496 e. The molecule has 0 saturated heterocycles. The highest BCUT2D eigenvalue weighted by atomic mass is 79.9. The summed E-state index contributed by atoms with van der Waals surface area (Å²) in [5.74, 6) is 0.863. The second-order valence-electron chi connectivity index (χ2n) is 4.23. The zero-order valence-electron chi connectivity index (χ0n) is 11.3. The first kappa shape index (κ1) is 16.4. The summed E-state index contributed by atoms with van der Waals surface area (Å²) in [4.78, 5) is 0. The lowest BCUT2D eigenvalue weighted by atomic mass is 10.2. The Bertz CT molecular complexity index is 518. The van der Waals surface area contributed by atoms with Crippen molar-refractivity contribution in [3.63, 3.8) is 0 Å². The van der Waals surface area contributed by atoms with Crippen LogP contribution in [0, 0.1) is 0 Å². The van der Waals surface area contributed by atoms with E-state index in [0.29, 0.717) is 13.1 Å². The number of methoxy groups -OCH3 is 1. The van der Waals surface area contributed by atoms with Gasteiger partial charge in [0.2, 0.25) is 10.0 Å². The number of ether oxygens (including phenoxy) is 1. The first-order chi connectivity index (χ1) is 8.86. The molecule has 0 fully saturated rings. The molecule has 0 saturated carbocycles. The van der Waals surface area contributed by atoms with E-state index in [-0.39, 0.29) is 5.75 Å². The molecule has 0 radical (unpaired) electrons. The van der Waals surface area contributed by atoms with Crippen LogP contribution < -0.4 is 10.1 Å². The fraction of sp³-hybridized carbons (Fsp3) is 0.500. The molecule has 0 aliphatic carbocycles. The van der Waals surface area contributed by atoms with Gasteiger partial charge < -0.3 is 10.1 Å². The number of hydrogen-bond acceptors (Lipinski definition) is 4. The van der Waals surface area contributed by atoms with Crippen molar-refractivity contribution in [1.29, 1.82) is 0 Å². The van der Waals surface area contributed by atoms with E-state index >= 15 is 0 Å². The highest BCUT2D eigenvalue weighted by molar-refractivity contribution is 9.10. The van der Waals surface area contributed by atoms with Gasteiger partial charge in [0.05, 0.1) is 12.9 Å². The Morgan fingerprint density at radius 3 is 2.63 bits per heavy atom. The van der Waals surface area contributed by atoms with Crippen molar-refractivity contribution in [3.05, 3.63) is 28.2 Å². The van der Waals surface area contributed by atoms with Crippen molar-refractivity contribution in [3.8, 4) is 5.75 Å². The zero-order valence-corrected chi connectivity index (χ0v) is 13.7. The van der Waals surface area contributed by atoms with Gasteiger partial charge in [-0.25, -0.2) is 12.7 Å². The van der Waals surface area contributed by atoms with E-state index in [2.05, 4.69) is 21.2 Å². The summed E-state index contributed by atoms with van der Waals surface area (Å²) >= 11 is 3.40. The van der Waals surface area contributed by atoms with Crippen molar-refractivity contribution < 1.29 is 13.2 Å². The molecule has 0 aliphatic rings. The second-order valence-corrected chi connectivity index (χ2v) is 7.45. The molecule has 1 N–H and O–H groups in total. The smallest absolute Gasteiger partial charge is 0.214 e. The molecule has 1 aromatic rings. The Labute approximate surface area is 123 Å². The molecular formula is C12H19BrN2O3S. The molecule has 108 valence electrons.